The molecule has 172 valence electrons. The Kier molecular flexibility index (Phi) is 6.07. The molecule has 0 saturated carbocycles. The maximum absolute atomic E-state index is 14.0. The van der Waals surface area contributed by atoms with E-state index in [9.17, 15) is 23.9 Å². The number of anilines is 3. The number of hydrogen-bond donors (Lipinski definition) is 5. The Morgan fingerprint density at radius 2 is 2.06 bits per heavy atom. The molecule has 33 heavy (non-hydrogen) atoms. The molecule has 1 fully saturated rings. The third-order valence-corrected chi connectivity index (χ3v) is 5.50. The number of benzene rings is 2. The molecule has 2 aromatic carbocycles. The quantitative estimate of drug-likeness (QED) is 0.330. The largest absolute Gasteiger partial charge is 0.384 e. The van der Waals surface area contributed by atoms with Crippen molar-refractivity contribution >= 4 is 40.6 Å². The molecular formula is C22H22FN5O5. The Labute approximate surface area is 188 Å². The van der Waals surface area contributed by atoms with E-state index in [2.05, 4.69) is 10.6 Å². The van der Waals surface area contributed by atoms with E-state index in [0.717, 1.165) is 11.6 Å². The molecular weight excluding hydrogens is 433 g/mol. The van der Waals surface area contributed by atoms with E-state index in [1.807, 2.05) is 6.07 Å². The van der Waals surface area contributed by atoms with Crippen LogP contribution in [0.25, 0.3) is 0 Å². The molecule has 0 bridgehead atoms. The maximum Gasteiger partial charge on any atom is 0.259 e. The molecule has 11 heteroatoms. The zero-order chi connectivity index (χ0) is 23.7. The fourth-order valence-corrected chi connectivity index (χ4v) is 3.78. The summed E-state index contributed by atoms with van der Waals surface area (Å²) in [5.74, 6) is -2.96. The number of ether oxygens (including phenoxy) is 1. The summed E-state index contributed by atoms with van der Waals surface area (Å²) in [6.45, 7) is 0.278. The van der Waals surface area contributed by atoms with Crippen LogP contribution in [0.4, 0.5) is 21.5 Å². The molecule has 0 aliphatic carbocycles. The van der Waals surface area contributed by atoms with Gasteiger partial charge in [-0.1, -0.05) is 6.07 Å². The van der Waals surface area contributed by atoms with Crippen molar-refractivity contribution < 1.29 is 28.6 Å². The lowest BCUT2D eigenvalue weighted by atomic mass is 10.0. The van der Waals surface area contributed by atoms with E-state index >= 15 is 0 Å². The van der Waals surface area contributed by atoms with E-state index in [1.165, 1.54) is 17.0 Å². The number of carbonyl (C=O) groups excluding carboxylic acids is 3. The normalized spacial score (nSPS) is 18.8. The molecule has 1 unspecified atom stereocenters. The number of rotatable bonds is 5. The van der Waals surface area contributed by atoms with E-state index in [4.69, 9.17) is 15.9 Å². The second-order valence-electron chi connectivity index (χ2n) is 7.71. The molecule has 2 aliphatic heterocycles. The minimum absolute atomic E-state index is 0.0205. The molecule has 0 aromatic heterocycles. The van der Waals surface area contributed by atoms with Gasteiger partial charge in [-0.25, -0.2) is 4.39 Å². The summed E-state index contributed by atoms with van der Waals surface area (Å²) >= 11 is 0. The van der Waals surface area contributed by atoms with E-state index < -0.39 is 35.7 Å². The van der Waals surface area contributed by atoms with Crippen molar-refractivity contribution in [1.29, 1.82) is 5.41 Å². The maximum atomic E-state index is 14.0. The van der Waals surface area contributed by atoms with Gasteiger partial charge in [0.2, 0.25) is 5.91 Å². The first-order valence-electron chi connectivity index (χ1n) is 10.2. The number of morpholine rings is 1. The van der Waals surface area contributed by atoms with Gasteiger partial charge in [0.05, 0.1) is 12.2 Å². The fourth-order valence-electron chi connectivity index (χ4n) is 3.78. The van der Waals surface area contributed by atoms with E-state index in [0.29, 0.717) is 24.2 Å². The number of fused-ring (bicyclic) bond motifs is 1. The standard InChI is InChI=1S/C22H22FN5O5/c23-15-9-12(3-5-14(15)20(24)25)26-21(31)18(30)19-22(32)28(7-8-33-19)13-4-1-11-2-6-17(29)27-16(11)10-13/h1,3-5,9-10,18-19,30H,2,6-8H2,(H3,24,25)(H,26,31)(H,27,29)/t18-,19?/m1/s1. The molecule has 2 heterocycles. The number of carbonyl (C=O) groups is 3. The highest BCUT2D eigenvalue weighted by molar-refractivity contribution is 6.04. The van der Waals surface area contributed by atoms with Crippen LogP contribution in [0.5, 0.6) is 0 Å². The highest BCUT2D eigenvalue weighted by Crippen LogP contribution is 2.29. The predicted octanol–water partition coefficient (Wildman–Crippen LogP) is 0.726. The molecule has 3 amide bonds. The van der Waals surface area contributed by atoms with E-state index in [-0.39, 0.29) is 30.3 Å². The number of nitrogens with one attached hydrogen (secondary N) is 3. The number of aliphatic hydroxyl groups excluding tert-OH is 1. The first kappa shape index (κ1) is 22.4. The summed E-state index contributed by atoms with van der Waals surface area (Å²) in [4.78, 5) is 38.6. The Bertz CT molecular complexity index is 1150. The smallest absolute Gasteiger partial charge is 0.259 e. The van der Waals surface area contributed by atoms with Crippen LogP contribution in [-0.4, -0.2) is 54.0 Å². The molecule has 0 spiro atoms. The second kappa shape index (κ2) is 8.96. The van der Waals surface area contributed by atoms with Crippen molar-refractivity contribution in [1.82, 2.24) is 0 Å². The van der Waals surface area contributed by atoms with Crippen molar-refractivity contribution in [3.05, 3.63) is 53.3 Å². The third kappa shape index (κ3) is 4.54. The zero-order valence-electron chi connectivity index (χ0n) is 17.4. The Morgan fingerprint density at radius 3 is 2.79 bits per heavy atom. The number of aryl methyl sites for hydroxylation is 1. The molecule has 4 rings (SSSR count). The lowest BCUT2D eigenvalue weighted by molar-refractivity contribution is -0.150. The van der Waals surface area contributed by atoms with Gasteiger partial charge in [-0.15, -0.1) is 0 Å². The minimum Gasteiger partial charge on any atom is -0.384 e. The summed E-state index contributed by atoms with van der Waals surface area (Å²) in [6.07, 6.45) is -2.32. The summed E-state index contributed by atoms with van der Waals surface area (Å²) in [6, 6.07) is 8.74. The van der Waals surface area contributed by atoms with Gasteiger partial charge < -0.3 is 31.1 Å². The number of hydrogen-bond acceptors (Lipinski definition) is 6. The Hall–Kier alpha value is -3.83. The van der Waals surface area contributed by atoms with Crippen molar-refractivity contribution in [2.24, 2.45) is 5.73 Å². The number of amidine groups is 1. The molecule has 2 atom stereocenters. The van der Waals surface area contributed by atoms with Crippen LogP contribution in [0.1, 0.15) is 17.5 Å². The second-order valence-corrected chi connectivity index (χ2v) is 7.71. The summed E-state index contributed by atoms with van der Waals surface area (Å²) in [7, 11) is 0. The van der Waals surface area contributed by atoms with Gasteiger partial charge >= 0.3 is 0 Å². The highest BCUT2D eigenvalue weighted by atomic mass is 19.1. The lowest BCUT2D eigenvalue weighted by Gasteiger charge is -2.34. The number of aliphatic hydroxyl groups is 1. The van der Waals surface area contributed by atoms with Crippen molar-refractivity contribution in [2.75, 3.05) is 28.7 Å². The topological polar surface area (TPSA) is 158 Å². The number of nitrogens with zero attached hydrogens (tertiary/aromatic N) is 1. The highest BCUT2D eigenvalue weighted by Gasteiger charge is 2.39. The van der Waals surface area contributed by atoms with Gasteiger partial charge in [0.1, 0.15) is 11.7 Å². The molecule has 0 radical (unpaired) electrons. The van der Waals surface area contributed by atoms with Crippen LogP contribution in [0.15, 0.2) is 36.4 Å². The lowest BCUT2D eigenvalue weighted by Crippen LogP contribution is -2.55. The first-order chi connectivity index (χ1) is 15.7. The van der Waals surface area contributed by atoms with Crippen LogP contribution < -0.4 is 21.3 Å². The van der Waals surface area contributed by atoms with Crippen molar-refractivity contribution in [3.8, 4) is 0 Å². The number of nitrogen functional groups attached to an aromatic ring is 1. The van der Waals surface area contributed by atoms with Gasteiger partial charge in [-0.05, 0) is 42.3 Å². The SMILES string of the molecule is N=C(N)c1ccc(NC(=O)[C@H](O)C2OCCN(c3ccc4c(c3)NC(=O)CC4)C2=O)cc1F. The van der Waals surface area contributed by atoms with E-state index in [1.54, 1.807) is 12.1 Å². The number of nitrogens with two attached hydrogens (primary N) is 1. The first-order valence-corrected chi connectivity index (χ1v) is 10.2. The molecule has 2 aliphatic rings. The summed E-state index contributed by atoms with van der Waals surface area (Å²) in [5, 5.41) is 22.9. The molecule has 1 saturated heterocycles. The third-order valence-electron chi connectivity index (χ3n) is 5.50. The van der Waals surface area contributed by atoms with Crippen molar-refractivity contribution in [3.63, 3.8) is 0 Å². The average Bonchev–Trinajstić information content (AvgIpc) is 2.78. The minimum atomic E-state index is -1.85. The summed E-state index contributed by atoms with van der Waals surface area (Å²) < 4.78 is 19.4. The number of amides is 3. The molecule has 6 N–H and O–H groups in total. The fraction of sp³-hybridized carbons (Fsp3) is 0.273. The average molecular weight is 455 g/mol. The van der Waals surface area contributed by atoms with Gasteiger partial charge in [0, 0.05) is 30.0 Å². The Balaban J connectivity index is 1.48. The van der Waals surface area contributed by atoms with Gasteiger partial charge in [-0.2, -0.15) is 0 Å². The molecule has 10 nitrogen and oxygen atoms in total. The zero-order valence-corrected chi connectivity index (χ0v) is 17.4. The monoisotopic (exact) mass is 455 g/mol. The van der Waals surface area contributed by atoms with Crippen LogP contribution in [0.2, 0.25) is 0 Å². The number of halogens is 1. The van der Waals surface area contributed by atoms with Crippen LogP contribution >= 0.6 is 0 Å². The van der Waals surface area contributed by atoms with Crippen LogP contribution in [0.3, 0.4) is 0 Å². The van der Waals surface area contributed by atoms with Crippen molar-refractivity contribution in [2.45, 2.75) is 25.0 Å². The van der Waals surface area contributed by atoms with Gasteiger partial charge in [-0.3, -0.25) is 19.8 Å². The molecule has 2 aromatic rings. The van der Waals surface area contributed by atoms with Gasteiger partial charge in [0.15, 0.2) is 12.2 Å². The van der Waals surface area contributed by atoms with Gasteiger partial charge in [0.25, 0.3) is 11.8 Å². The van der Waals surface area contributed by atoms with Crippen LogP contribution in [-0.2, 0) is 25.5 Å². The Morgan fingerprint density at radius 1 is 1.27 bits per heavy atom. The predicted molar refractivity (Wildman–Crippen MR) is 118 cm³/mol. The van der Waals surface area contributed by atoms with Crippen LogP contribution in [0, 0.1) is 11.2 Å². The summed E-state index contributed by atoms with van der Waals surface area (Å²) in [5.41, 5.74) is 7.24.